The molecule has 0 aliphatic rings. The molecule has 3 aromatic heterocycles. The van der Waals surface area contributed by atoms with Gasteiger partial charge >= 0.3 is 6.18 Å². The van der Waals surface area contributed by atoms with Crippen LogP contribution in [0.2, 0.25) is 0 Å². The van der Waals surface area contributed by atoms with Crippen molar-refractivity contribution in [3.63, 3.8) is 0 Å². The fourth-order valence-electron chi connectivity index (χ4n) is 3.47. The van der Waals surface area contributed by atoms with Gasteiger partial charge in [0, 0.05) is 48.1 Å². The monoisotopic (exact) mass is 440 g/mol. The Hall–Kier alpha value is -3.67. The summed E-state index contributed by atoms with van der Waals surface area (Å²) < 4.78 is 40.2. The topological polar surface area (TPSA) is 89.9 Å². The van der Waals surface area contributed by atoms with Gasteiger partial charge in [-0.2, -0.15) is 18.4 Å². The van der Waals surface area contributed by atoms with Crippen LogP contribution in [0.1, 0.15) is 37.2 Å². The van der Waals surface area contributed by atoms with Crippen LogP contribution in [-0.2, 0) is 0 Å². The zero-order valence-electron chi connectivity index (χ0n) is 18.0. The van der Waals surface area contributed by atoms with Crippen LogP contribution in [0.15, 0.2) is 42.9 Å². The van der Waals surface area contributed by atoms with Crippen molar-refractivity contribution in [2.24, 2.45) is 5.41 Å². The molecule has 0 amide bonds. The Morgan fingerprint density at radius 2 is 2.00 bits per heavy atom. The summed E-state index contributed by atoms with van der Waals surface area (Å²) in [7, 11) is 0. The fourth-order valence-corrected chi connectivity index (χ4v) is 3.47. The zero-order chi connectivity index (χ0) is 23.5. The molecule has 0 saturated heterocycles. The van der Waals surface area contributed by atoms with E-state index in [2.05, 4.69) is 15.3 Å². The van der Waals surface area contributed by atoms with E-state index in [1.807, 2.05) is 41.9 Å². The molecule has 6 nitrogen and oxygen atoms in total. The minimum atomic E-state index is -4.26. The van der Waals surface area contributed by atoms with Gasteiger partial charge in [0.2, 0.25) is 0 Å². The van der Waals surface area contributed by atoms with E-state index < -0.39 is 18.0 Å². The Balaban J connectivity index is 1.97. The maximum atomic E-state index is 12.8. The van der Waals surface area contributed by atoms with Gasteiger partial charge in [-0.15, -0.1) is 0 Å². The fraction of sp³-hybridized carbons (Fsp3) is 0.304. The molecule has 0 saturated carbocycles. The number of nitriles is 1. The van der Waals surface area contributed by atoms with E-state index in [-0.39, 0.29) is 12.2 Å². The number of aryl methyl sites for hydroxylation is 1. The van der Waals surface area contributed by atoms with Gasteiger partial charge in [0.1, 0.15) is 17.4 Å². The van der Waals surface area contributed by atoms with Crippen LogP contribution >= 0.6 is 0 Å². The lowest BCUT2D eigenvalue weighted by molar-refractivity contribution is -0.153. The zero-order valence-corrected chi connectivity index (χ0v) is 18.0. The highest BCUT2D eigenvalue weighted by Gasteiger charge is 2.36. The number of fused-ring (bicyclic) bond motifs is 1. The molecule has 0 atom stereocenters. The van der Waals surface area contributed by atoms with Crippen molar-refractivity contribution in [1.29, 1.82) is 10.7 Å². The molecule has 0 aliphatic carbocycles. The second kappa shape index (κ2) is 8.83. The Kier molecular flexibility index (Phi) is 6.35. The summed E-state index contributed by atoms with van der Waals surface area (Å²) in [4.78, 5) is 8.88. The summed E-state index contributed by atoms with van der Waals surface area (Å²) >= 11 is 0. The Morgan fingerprint density at radius 3 is 2.66 bits per heavy atom. The van der Waals surface area contributed by atoms with Crippen molar-refractivity contribution >= 4 is 17.4 Å². The lowest BCUT2D eigenvalue weighted by atomic mass is 9.89. The maximum absolute atomic E-state index is 12.8. The molecular weight excluding hydrogens is 417 g/mol. The number of nitrogens with zero attached hydrogens (tertiary/aromatic N) is 4. The smallest absolute Gasteiger partial charge is 0.389 e. The van der Waals surface area contributed by atoms with Crippen LogP contribution in [0.3, 0.4) is 0 Å². The third-order valence-electron chi connectivity index (χ3n) is 4.85. The van der Waals surface area contributed by atoms with Gasteiger partial charge in [-0.05, 0) is 36.6 Å². The predicted molar refractivity (Wildman–Crippen MR) is 117 cm³/mol. The molecular formula is C23H23F3N6. The van der Waals surface area contributed by atoms with Gasteiger partial charge in [0.15, 0.2) is 0 Å². The van der Waals surface area contributed by atoms with Crippen LogP contribution in [0.25, 0.3) is 22.5 Å². The summed E-state index contributed by atoms with van der Waals surface area (Å²) in [5.74, 6) is 0. The Labute approximate surface area is 183 Å². The molecule has 0 aliphatic heterocycles. The van der Waals surface area contributed by atoms with Gasteiger partial charge in [-0.1, -0.05) is 13.8 Å². The molecule has 3 aromatic rings. The number of allylic oxidation sites excluding steroid dienone is 1. The normalized spacial score (nSPS) is 12.6. The van der Waals surface area contributed by atoms with E-state index in [0.29, 0.717) is 28.0 Å². The molecule has 0 unspecified atom stereocenters. The van der Waals surface area contributed by atoms with Crippen LogP contribution in [0, 0.1) is 29.1 Å². The highest BCUT2D eigenvalue weighted by atomic mass is 19.4. The molecule has 0 bridgehead atoms. The highest BCUT2D eigenvalue weighted by molar-refractivity contribution is 6.10. The summed E-state index contributed by atoms with van der Waals surface area (Å²) in [5, 5.41) is 20.1. The van der Waals surface area contributed by atoms with Gasteiger partial charge < -0.3 is 15.1 Å². The van der Waals surface area contributed by atoms with Gasteiger partial charge in [0.05, 0.1) is 17.8 Å². The molecule has 166 valence electrons. The number of nitrogens with one attached hydrogen (secondary N) is 2. The van der Waals surface area contributed by atoms with Crippen molar-refractivity contribution in [2.75, 3.05) is 6.54 Å². The SMILES string of the molecule is Cc1cn2ccc(-c3nc(C#N)ccc3/C(C=N)=C/NCC(C)(C)CC(F)(F)F)cc2n1. The lowest BCUT2D eigenvalue weighted by Gasteiger charge is -2.26. The van der Waals surface area contributed by atoms with E-state index in [0.717, 1.165) is 11.9 Å². The third kappa shape index (κ3) is 5.52. The minimum absolute atomic E-state index is 0.0716. The maximum Gasteiger partial charge on any atom is 0.389 e. The number of alkyl halides is 3. The van der Waals surface area contributed by atoms with E-state index in [4.69, 9.17) is 5.41 Å². The molecule has 32 heavy (non-hydrogen) atoms. The van der Waals surface area contributed by atoms with Gasteiger partial charge in [-0.3, -0.25) is 0 Å². The predicted octanol–water partition coefficient (Wildman–Crippen LogP) is 5.14. The first-order valence-corrected chi connectivity index (χ1v) is 9.89. The number of aromatic nitrogens is 3. The van der Waals surface area contributed by atoms with Gasteiger partial charge in [0.25, 0.3) is 0 Å². The molecule has 9 heteroatoms. The second-order valence-corrected chi connectivity index (χ2v) is 8.35. The van der Waals surface area contributed by atoms with Crippen LogP contribution in [0.4, 0.5) is 13.2 Å². The molecule has 0 aromatic carbocycles. The van der Waals surface area contributed by atoms with Crippen LogP contribution in [-0.4, -0.2) is 33.3 Å². The number of rotatable bonds is 7. The molecule has 2 N–H and O–H groups in total. The standard InChI is InChI=1S/C23H23F3N6/c1-15-12-32-7-6-16(8-20(32)30-15)21-19(5-4-18(10-28)31-21)17(9-27)11-29-14-22(2,3)13-23(24,25)26/h4-9,11-12,27,29H,13-14H2,1-3H3/b17-11+,27-9?. The number of halogens is 3. The number of imidazole rings is 1. The van der Waals surface area contributed by atoms with E-state index >= 15 is 0 Å². The van der Waals surface area contributed by atoms with Crippen molar-refractivity contribution < 1.29 is 13.2 Å². The van der Waals surface area contributed by atoms with Crippen LogP contribution < -0.4 is 5.32 Å². The second-order valence-electron chi connectivity index (χ2n) is 8.35. The first-order chi connectivity index (χ1) is 15.0. The minimum Gasteiger partial charge on any atom is -0.390 e. The molecule has 3 heterocycles. The summed E-state index contributed by atoms with van der Waals surface area (Å²) in [6.07, 6.45) is 1.15. The average Bonchev–Trinajstić information content (AvgIpc) is 3.08. The Morgan fingerprint density at radius 1 is 1.25 bits per heavy atom. The number of hydrogen-bond acceptors (Lipinski definition) is 5. The van der Waals surface area contributed by atoms with E-state index in [9.17, 15) is 18.4 Å². The average molecular weight is 440 g/mol. The summed E-state index contributed by atoms with van der Waals surface area (Å²) in [5.41, 5.74) is 2.96. The molecule has 0 fully saturated rings. The lowest BCUT2D eigenvalue weighted by Crippen LogP contribution is -2.31. The number of hydrogen-bond donors (Lipinski definition) is 2. The van der Waals surface area contributed by atoms with Crippen molar-refractivity contribution in [3.8, 4) is 17.3 Å². The number of pyridine rings is 2. The first kappa shape index (κ1) is 23.0. The summed E-state index contributed by atoms with van der Waals surface area (Å²) in [6, 6.07) is 8.91. The van der Waals surface area contributed by atoms with E-state index in [1.165, 1.54) is 20.0 Å². The van der Waals surface area contributed by atoms with Crippen molar-refractivity contribution in [1.82, 2.24) is 19.7 Å². The molecule has 0 spiro atoms. The summed E-state index contributed by atoms with van der Waals surface area (Å²) in [6.45, 7) is 5.01. The van der Waals surface area contributed by atoms with Crippen molar-refractivity contribution in [2.45, 2.75) is 33.4 Å². The van der Waals surface area contributed by atoms with E-state index in [1.54, 1.807) is 12.1 Å². The van der Waals surface area contributed by atoms with Crippen molar-refractivity contribution in [3.05, 3.63) is 59.8 Å². The quantitative estimate of drug-likeness (QED) is 0.498. The Bertz CT molecular complexity index is 1210. The largest absolute Gasteiger partial charge is 0.390 e. The third-order valence-corrected chi connectivity index (χ3v) is 4.85. The highest BCUT2D eigenvalue weighted by Crippen LogP contribution is 2.33. The molecule has 3 rings (SSSR count). The van der Waals surface area contributed by atoms with Crippen LogP contribution in [0.5, 0.6) is 0 Å². The molecule has 0 radical (unpaired) electrons. The first-order valence-electron chi connectivity index (χ1n) is 9.89. The van der Waals surface area contributed by atoms with Gasteiger partial charge in [-0.25, -0.2) is 9.97 Å².